The fourth-order valence-corrected chi connectivity index (χ4v) is 6.90. The number of aliphatic hydroxyl groups excluding tert-OH is 7. The first-order valence-corrected chi connectivity index (χ1v) is 23.4. The van der Waals surface area contributed by atoms with Gasteiger partial charge in [0.1, 0.15) is 55.4 Å². The fourth-order valence-electron chi connectivity index (χ4n) is 6.90. The van der Waals surface area contributed by atoms with Crippen molar-refractivity contribution >= 4 is 11.9 Å². The molecule has 0 aromatic rings. The van der Waals surface area contributed by atoms with E-state index in [1.807, 2.05) is 12.2 Å². The molecule has 2 rings (SSSR count). The molecule has 362 valence electrons. The van der Waals surface area contributed by atoms with Gasteiger partial charge in [-0.3, -0.25) is 9.59 Å². The van der Waals surface area contributed by atoms with E-state index in [4.69, 9.17) is 28.4 Å². The van der Waals surface area contributed by atoms with Crippen LogP contribution in [0.4, 0.5) is 0 Å². The van der Waals surface area contributed by atoms with E-state index in [0.29, 0.717) is 19.3 Å². The van der Waals surface area contributed by atoms with E-state index >= 15 is 0 Å². The molecule has 2 heterocycles. The Bertz CT molecular complexity index is 1330. The maximum atomic E-state index is 12.9. The normalized spacial score (nSPS) is 27.4. The van der Waals surface area contributed by atoms with Gasteiger partial charge in [0, 0.05) is 12.8 Å². The van der Waals surface area contributed by atoms with Crippen molar-refractivity contribution in [3.63, 3.8) is 0 Å². The van der Waals surface area contributed by atoms with Crippen LogP contribution in [0.5, 0.6) is 0 Å². The largest absolute Gasteiger partial charge is 0.462 e. The summed E-state index contributed by atoms with van der Waals surface area (Å²) < 4.78 is 33.4. The maximum absolute atomic E-state index is 12.9. The first kappa shape index (κ1) is 56.3. The van der Waals surface area contributed by atoms with Crippen molar-refractivity contribution in [2.24, 2.45) is 0 Å². The van der Waals surface area contributed by atoms with Crippen molar-refractivity contribution in [1.82, 2.24) is 0 Å². The Morgan fingerprint density at radius 1 is 0.524 bits per heavy atom. The summed E-state index contributed by atoms with van der Waals surface area (Å²) in [6, 6.07) is 0. The Labute approximate surface area is 375 Å². The van der Waals surface area contributed by atoms with E-state index in [1.165, 1.54) is 38.5 Å². The SMILES string of the molecule is CC/C=C/C/C=C/C/C=C/C/C=C/C/C=C/CCCC(=O)OC[C@H](CO[C@H]1O[C@@H](CO[C@H]2O[C@@H](CO)[C@@H](O)C(O)C2O)[C@@H](O)C(O)C1O)OC(=O)CCCCCCCCCCCC. The second kappa shape index (κ2) is 35.5. The van der Waals surface area contributed by atoms with E-state index in [-0.39, 0.29) is 19.4 Å². The van der Waals surface area contributed by atoms with Crippen molar-refractivity contribution < 1.29 is 73.8 Å². The molecule has 2 saturated heterocycles. The molecular weight excluding hydrogens is 817 g/mol. The molecule has 0 radical (unpaired) electrons. The highest BCUT2D eigenvalue weighted by molar-refractivity contribution is 5.70. The number of allylic oxidation sites excluding steroid dienone is 10. The highest BCUT2D eigenvalue weighted by Crippen LogP contribution is 2.26. The molecule has 63 heavy (non-hydrogen) atoms. The Kier molecular flexibility index (Phi) is 31.7. The molecule has 0 bridgehead atoms. The summed E-state index contributed by atoms with van der Waals surface area (Å²) in [6.07, 6.45) is 21.3. The van der Waals surface area contributed by atoms with Crippen LogP contribution < -0.4 is 0 Å². The molecule has 0 aromatic heterocycles. The van der Waals surface area contributed by atoms with Gasteiger partial charge in [-0.05, 0) is 51.4 Å². The standard InChI is InChI=1S/C48H80O15/c1-3-5-7-9-11-13-15-16-17-18-19-20-21-23-24-26-28-30-39(50)58-33-36(61-40(51)31-29-27-25-22-14-12-10-8-6-4-2)34-59-47-46(57)44(55)42(53)38(63-47)35-60-48-45(56)43(54)41(52)37(32-49)62-48/h5,7,11,13,16-17,19-20,23-24,36-38,41-49,52-57H,3-4,6,8-10,12,14-15,18,21-22,25-35H2,1-2H3/b7-5+,13-11+,17-16+,20-19+,24-23+/t36-,37+,38+,41-,42-,43?,44?,45?,46?,47+,48+/m1/s1. The first-order chi connectivity index (χ1) is 30.5. The minimum atomic E-state index is -1.77. The van der Waals surface area contributed by atoms with Gasteiger partial charge in [0.2, 0.25) is 0 Å². The van der Waals surface area contributed by atoms with E-state index in [1.54, 1.807) is 0 Å². The maximum Gasteiger partial charge on any atom is 0.306 e. The Morgan fingerprint density at radius 3 is 1.56 bits per heavy atom. The number of carbonyl (C=O) groups excluding carboxylic acids is 2. The summed E-state index contributed by atoms with van der Waals surface area (Å²) in [7, 11) is 0. The second-order valence-electron chi connectivity index (χ2n) is 16.2. The van der Waals surface area contributed by atoms with Crippen molar-refractivity contribution in [2.75, 3.05) is 26.4 Å². The fraction of sp³-hybridized carbons (Fsp3) is 0.750. The van der Waals surface area contributed by atoms with Crippen LogP contribution in [0.25, 0.3) is 0 Å². The number of hydrogen-bond donors (Lipinski definition) is 7. The molecule has 0 aromatic carbocycles. The molecule has 11 atom stereocenters. The molecule has 7 N–H and O–H groups in total. The van der Waals surface area contributed by atoms with E-state index in [9.17, 15) is 45.3 Å². The zero-order valence-corrected chi connectivity index (χ0v) is 37.8. The van der Waals surface area contributed by atoms with Crippen LogP contribution in [-0.4, -0.2) is 142 Å². The quantitative estimate of drug-likeness (QED) is 0.0246. The molecule has 0 spiro atoms. The van der Waals surface area contributed by atoms with Crippen LogP contribution in [0, 0.1) is 0 Å². The summed E-state index contributed by atoms with van der Waals surface area (Å²) in [5, 5.41) is 71.8. The third kappa shape index (κ3) is 24.3. The van der Waals surface area contributed by atoms with Gasteiger partial charge >= 0.3 is 11.9 Å². The lowest BCUT2D eigenvalue weighted by Gasteiger charge is -2.42. The van der Waals surface area contributed by atoms with Crippen molar-refractivity contribution in [1.29, 1.82) is 0 Å². The van der Waals surface area contributed by atoms with Crippen molar-refractivity contribution in [2.45, 2.75) is 203 Å². The molecule has 2 aliphatic rings. The topological polar surface area (TPSA) is 231 Å². The minimum absolute atomic E-state index is 0.138. The molecule has 15 heteroatoms. The van der Waals surface area contributed by atoms with Crippen LogP contribution >= 0.6 is 0 Å². The number of esters is 2. The van der Waals surface area contributed by atoms with Gasteiger partial charge in [0.05, 0.1) is 19.8 Å². The number of rotatable bonds is 34. The predicted octanol–water partition coefficient (Wildman–Crippen LogP) is 5.31. The van der Waals surface area contributed by atoms with Gasteiger partial charge in [-0.15, -0.1) is 0 Å². The summed E-state index contributed by atoms with van der Waals surface area (Å²) in [4.78, 5) is 25.6. The second-order valence-corrected chi connectivity index (χ2v) is 16.2. The Balaban J connectivity index is 1.86. The molecule has 0 aliphatic carbocycles. The monoisotopic (exact) mass is 897 g/mol. The highest BCUT2D eigenvalue weighted by Gasteiger charge is 2.47. The Morgan fingerprint density at radius 2 is 1.00 bits per heavy atom. The minimum Gasteiger partial charge on any atom is -0.462 e. The van der Waals surface area contributed by atoms with Crippen molar-refractivity contribution in [3.8, 4) is 0 Å². The lowest BCUT2D eigenvalue weighted by atomic mass is 9.98. The van der Waals surface area contributed by atoms with Crippen LogP contribution in [0.1, 0.15) is 136 Å². The highest BCUT2D eigenvalue weighted by atomic mass is 16.7. The van der Waals surface area contributed by atoms with Gasteiger partial charge in [0.15, 0.2) is 18.7 Å². The zero-order valence-electron chi connectivity index (χ0n) is 37.8. The molecule has 0 saturated carbocycles. The van der Waals surface area contributed by atoms with Gasteiger partial charge in [-0.2, -0.15) is 0 Å². The smallest absolute Gasteiger partial charge is 0.306 e. The molecule has 2 fully saturated rings. The van der Waals surface area contributed by atoms with Crippen LogP contribution in [0.2, 0.25) is 0 Å². The predicted molar refractivity (Wildman–Crippen MR) is 238 cm³/mol. The van der Waals surface area contributed by atoms with E-state index in [2.05, 4.69) is 62.5 Å². The van der Waals surface area contributed by atoms with Crippen LogP contribution in [0.15, 0.2) is 60.8 Å². The third-order valence-electron chi connectivity index (χ3n) is 10.8. The number of carbonyl (C=O) groups is 2. The summed E-state index contributed by atoms with van der Waals surface area (Å²) in [5.74, 6) is -1.00. The molecular formula is C48H80O15. The molecule has 2 aliphatic heterocycles. The molecule has 0 amide bonds. The average Bonchev–Trinajstić information content (AvgIpc) is 3.28. The number of hydrogen-bond acceptors (Lipinski definition) is 15. The summed E-state index contributed by atoms with van der Waals surface area (Å²) in [6.45, 7) is 2.37. The van der Waals surface area contributed by atoms with Gasteiger partial charge in [-0.1, -0.05) is 132 Å². The number of unbranched alkanes of at least 4 members (excludes halogenated alkanes) is 10. The van der Waals surface area contributed by atoms with Crippen LogP contribution in [-0.2, 0) is 38.0 Å². The molecule has 4 unspecified atom stereocenters. The van der Waals surface area contributed by atoms with E-state index in [0.717, 1.165) is 51.4 Å². The van der Waals surface area contributed by atoms with Gasteiger partial charge < -0.3 is 64.2 Å². The Hall–Kier alpha value is -2.80. The van der Waals surface area contributed by atoms with Gasteiger partial charge in [0.25, 0.3) is 0 Å². The third-order valence-corrected chi connectivity index (χ3v) is 10.8. The summed E-state index contributed by atoms with van der Waals surface area (Å²) >= 11 is 0. The lowest BCUT2D eigenvalue weighted by Crippen LogP contribution is -2.61. The zero-order chi connectivity index (χ0) is 46.1. The van der Waals surface area contributed by atoms with E-state index < -0.39 is 99.3 Å². The van der Waals surface area contributed by atoms with Gasteiger partial charge in [-0.25, -0.2) is 0 Å². The average molecular weight is 897 g/mol. The number of aliphatic hydroxyl groups is 7. The first-order valence-electron chi connectivity index (χ1n) is 23.4. The number of ether oxygens (including phenoxy) is 6. The van der Waals surface area contributed by atoms with Crippen molar-refractivity contribution in [3.05, 3.63) is 60.8 Å². The lowest BCUT2D eigenvalue weighted by molar-refractivity contribution is -0.332. The summed E-state index contributed by atoms with van der Waals surface area (Å²) in [5.41, 5.74) is 0. The van der Waals surface area contributed by atoms with Crippen LogP contribution in [0.3, 0.4) is 0 Å². The molecule has 15 nitrogen and oxygen atoms in total.